The van der Waals surface area contributed by atoms with E-state index in [4.69, 9.17) is 9.47 Å². The van der Waals surface area contributed by atoms with Gasteiger partial charge in [0.05, 0.1) is 31.5 Å². The zero-order chi connectivity index (χ0) is 27.2. The highest BCUT2D eigenvalue weighted by molar-refractivity contribution is 6.07. The number of hydrogen-bond acceptors (Lipinski definition) is 5. The molecule has 0 fully saturated rings. The Bertz CT molecular complexity index is 1450. The summed E-state index contributed by atoms with van der Waals surface area (Å²) in [5.74, 6) is 0.843. The summed E-state index contributed by atoms with van der Waals surface area (Å²) >= 11 is 0. The number of rotatable bonds is 13. The van der Waals surface area contributed by atoms with Gasteiger partial charge in [0, 0.05) is 54.2 Å². The van der Waals surface area contributed by atoms with Gasteiger partial charge in [-0.25, -0.2) is 0 Å². The fourth-order valence-electron chi connectivity index (χ4n) is 5.32. The molecule has 2 heterocycles. The van der Waals surface area contributed by atoms with Gasteiger partial charge in [0.25, 0.3) is 0 Å². The Kier molecular flexibility index (Phi) is 8.61. The van der Waals surface area contributed by atoms with Crippen molar-refractivity contribution in [2.24, 2.45) is 0 Å². The number of aromatic nitrogens is 3. The number of hydrogen-bond donors (Lipinski definition) is 1. The second-order valence-corrected chi connectivity index (χ2v) is 10.2. The van der Waals surface area contributed by atoms with Crippen LogP contribution in [0.5, 0.6) is 5.75 Å². The zero-order valence-corrected chi connectivity index (χ0v) is 23.1. The molecule has 1 N–H and O–H groups in total. The number of benzene rings is 3. The number of aliphatic hydroxyl groups excluding tert-OH is 1. The van der Waals surface area contributed by atoms with Crippen LogP contribution in [0.25, 0.3) is 21.8 Å². The lowest BCUT2D eigenvalue weighted by atomic mass is 10.2. The predicted molar refractivity (Wildman–Crippen MR) is 156 cm³/mol. The van der Waals surface area contributed by atoms with Crippen LogP contribution in [0.1, 0.15) is 17.0 Å². The summed E-state index contributed by atoms with van der Waals surface area (Å²) in [7, 11) is 1.71. The van der Waals surface area contributed by atoms with Gasteiger partial charge in [-0.05, 0) is 49.7 Å². The summed E-state index contributed by atoms with van der Waals surface area (Å²) in [6.07, 6.45) is -0.530. The number of ether oxygens (including phenoxy) is 2. The van der Waals surface area contributed by atoms with E-state index in [0.29, 0.717) is 26.3 Å². The van der Waals surface area contributed by atoms with Crippen molar-refractivity contribution in [2.75, 3.05) is 33.4 Å². The van der Waals surface area contributed by atoms with Crippen molar-refractivity contribution in [1.29, 1.82) is 0 Å². The first-order chi connectivity index (χ1) is 19.0. The third-order valence-electron chi connectivity index (χ3n) is 7.16. The van der Waals surface area contributed by atoms with Crippen LogP contribution < -0.4 is 4.74 Å². The molecule has 0 radical (unpaired) electrons. The van der Waals surface area contributed by atoms with E-state index in [9.17, 15) is 5.11 Å². The van der Waals surface area contributed by atoms with Gasteiger partial charge in [0.15, 0.2) is 0 Å². The van der Waals surface area contributed by atoms with Crippen molar-refractivity contribution < 1.29 is 14.6 Å². The molecule has 7 heteroatoms. The van der Waals surface area contributed by atoms with Crippen molar-refractivity contribution in [3.63, 3.8) is 0 Å². The lowest BCUT2D eigenvalue weighted by molar-refractivity contribution is 0.0768. The monoisotopic (exact) mass is 526 g/mol. The second kappa shape index (κ2) is 12.5. The lowest BCUT2D eigenvalue weighted by Gasteiger charge is -2.25. The van der Waals surface area contributed by atoms with Crippen LogP contribution in [-0.4, -0.2) is 63.9 Å². The van der Waals surface area contributed by atoms with Crippen LogP contribution in [0.3, 0.4) is 0 Å². The van der Waals surface area contributed by atoms with Gasteiger partial charge in [-0.2, -0.15) is 5.10 Å². The van der Waals surface area contributed by atoms with Crippen LogP contribution >= 0.6 is 0 Å². The summed E-state index contributed by atoms with van der Waals surface area (Å²) < 4.78 is 15.5. The molecule has 0 amide bonds. The van der Waals surface area contributed by atoms with Crippen LogP contribution in [0.2, 0.25) is 0 Å². The number of aryl methyl sites for hydroxylation is 2. The Morgan fingerprint density at radius 3 is 2.18 bits per heavy atom. The van der Waals surface area contributed by atoms with Gasteiger partial charge in [-0.3, -0.25) is 9.58 Å². The lowest BCUT2D eigenvalue weighted by Crippen LogP contribution is -2.36. The number of fused-ring (bicyclic) bond motifs is 3. The molecular formula is C32H38N4O3. The molecule has 0 bridgehead atoms. The quantitative estimate of drug-likeness (QED) is 0.229. The molecule has 0 unspecified atom stereocenters. The van der Waals surface area contributed by atoms with E-state index >= 15 is 0 Å². The highest BCUT2D eigenvalue weighted by Gasteiger charge is 2.17. The minimum atomic E-state index is -0.530. The number of methoxy groups -OCH3 is 1. The third kappa shape index (κ3) is 6.50. The largest absolute Gasteiger partial charge is 0.492 e. The van der Waals surface area contributed by atoms with Crippen molar-refractivity contribution in [1.82, 2.24) is 19.2 Å². The van der Waals surface area contributed by atoms with Crippen LogP contribution in [0.15, 0.2) is 78.9 Å². The van der Waals surface area contributed by atoms with Gasteiger partial charge in [0.1, 0.15) is 12.4 Å². The van der Waals surface area contributed by atoms with Gasteiger partial charge in [0.2, 0.25) is 0 Å². The molecule has 0 aliphatic heterocycles. The molecule has 0 aliphatic rings. The second-order valence-electron chi connectivity index (χ2n) is 10.2. The topological polar surface area (TPSA) is 64.7 Å². The smallest absolute Gasteiger partial charge is 0.119 e. The highest BCUT2D eigenvalue weighted by atomic mass is 16.5. The van der Waals surface area contributed by atoms with E-state index in [1.807, 2.05) is 23.7 Å². The average Bonchev–Trinajstić information content (AvgIpc) is 3.43. The number of nitrogens with zero attached hydrogens (tertiary/aromatic N) is 4. The van der Waals surface area contributed by atoms with Gasteiger partial charge < -0.3 is 19.1 Å². The molecule has 1 atom stereocenters. The fourth-order valence-corrected chi connectivity index (χ4v) is 5.32. The summed E-state index contributed by atoms with van der Waals surface area (Å²) in [6.45, 7) is 8.49. The van der Waals surface area contributed by atoms with Crippen molar-refractivity contribution in [2.45, 2.75) is 39.6 Å². The number of aliphatic hydroxyl groups is 1. The Hall–Kier alpha value is -3.65. The first-order valence-electron chi connectivity index (χ1n) is 13.6. The number of para-hydroxylation sites is 2. The van der Waals surface area contributed by atoms with Crippen LogP contribution in [-0.2, 0) is 24.4 Å². The summed E-state index contributed by atoms with van der Waals surface area (Å²) in [4.78, 5) is 2.25. The van der Waals surface area contributed by atoms with E-state index in [-0.39, 0.29) is 0 Å². The van der Waals surface area contributed by atoms with Crippen molar-refractivity contribution in [3.8, 4) is 5.75 Å². The summed E-state index contributed by atoms with van der Waals surface area (Å²) in [6, 6.07) is 27.1. The molecule has 3 aromatic carbocycles. The van der Waals surface area contributed by atoms with E-state index in [1.54, 1.807) is 7.11 Å². The maximum absolute atomic E-state index is 11.2. The Balaban J connectivity index is 1.21. The third-order valence-corrected chi connectivity index (χ3v) is 7.16. The summed E-state index contributed by atoms with van der Waals surface area (Å²) in [5, 5.41) is 18.1. The van der Waals surface area contributed by atoms with Crippen LogP contribution in [0, 0.1) is 13.8 Å². The van der Waals surface area contributed by atoms with E-state index < -0.39 is 6.10 Å². The van der Waals surface area contributed by atoms with Gasteiger partial charge >= 0.3 is 0 Å². The Labute approximate surface area is 230 Å². The standard InChI is InChI=1S/C32H38N4O3/c1-24-20-25(2)36(33-24)17-19-39-28-14-12-26(13-15-28)21-34(16-18-38-3)22-27(37)23-35-31-10-6-4-8-29(31)30-9-5-7-11-32(30)35/h4-15,20,27,37H,16-19,21-23H2,1-3H3/t27-/m0/s1. The molecule has 0 saturated carbocycles. The Morgan fingerprint density at radius 2 is 1.56 bits per heavy atom. The zero-order valence-electron chi connectivity index (χ0n) is 23.1. The molecule has 5 aromatic rings. The molecule has 0 spiro atoms. The first kappa shape index (κ1) is 26.9. The van der Waals surface area contributed by atoms with Gasteiger partial charge in [-0.15, -0.1) is 0 Å². The average molecular weight is 527 g/mol. The maximum atomic E-state index is 11.2. The van der Waals surface area contributed by atoms with Crippen molar-refractivity contribution in [3.05, 3.63) is 95.8 Å². The SMILES string of the molecule is COCCN(Cc1ccc(OCCn2nc(C)cc2C)cc1)C[C@H](O)Cn1c2ccccc2c2ccccc21. The molecule has 0 saturated heterocycles. The predicted octanol–water partition coefficient (Wildman–Crippen LogP) is 5.20. The normalized spacial score (nSPS) is 12.5. The molecule has 7 nitrogen and oxygen atoms in total. The minimum Gasteiger partial charge on any atom is -0.492 e. The van der Waals surface area contributed by atoms with Crippen molar-refractivity contribution >= 4 is 21.8 Å². The molecule has 2 aromatic heterocycles. The van der Waals surface area contributed by atoms with E-state index in [2.05, 4.69) is 88.2 Å². The molecule has 204 valence electrons. The minimum absolute atomic E-state index is 0.527. The molecular weight excluding hydrogens is 488 g/mol. The Morgan fingerprint density at radius 1 is 0.897 bits per heavy atom. The van der Waals surface area contributed by atoms with Gasteiger partial charge in [-0.1, -0.05) is 48.5 Å². The molecule has 0 aliphatic carbocycles. The maximum Gasteiger partial charge on any atom is 0.119 e. The van der Waals surface area contributed by atoms with Crippen LogP contribution in [0.4, 0.5) is 0 Å². The fraction of sp³-hybridized carbons (Fsp3) is 0.344. The highest BCUT2D eigenvalue weighted by Crippen LogP contribution is 2.29. The van der Waals surface area contributed by atoms with E-state index in [1.165, 1.54) is 16.3 Å². The van der Waals surface area contributed by atoms with E-state index in [0.717, 1.165) is 47.8 Å². The molecule has 39 heavy (non-hydrogen) atoms. The molecule has 5 rings (SSSR count). The summed E-state index contributed by atoms with van der Waals surface area (Å²) in [5.41, 5.74) is 5.63. The first-order valence-corrected chi connectivity index (χ1v) is 13.6.